The molecule has 1 aromatic heterocycles. The first-order valence-corrected chi connectivity index (χ1v) is 9.83. The molecule has 0 spiro atoms. The molecule has 0 aliphatic carbocycles. The maximum absolute atomic E-state index is 11.1. The van der Waals surface area contributed by atoms with E-state index in [1.165, 1.54) is 13.2 Å². The molecule has 3 N–H and O–H groups in total. The molecular formula is C21H27ClN4O4. The largest absolute Gasteiger partial charge is 0.495 e. The molecule has 8 nitrogen and oxygen atoms in total. The van der Waals surface area contributed by atoms with Gasteiger partial charge in [-0.05, 0) is 18.1 Å². The molecule has 0 saturated carbocycles. The van der Waals surface area contributed by atoms with Crippen molar-refractivity contribution in [1.29, 1.82) is 0 Å². The molecule has 0 fully saturated rings. The summed E-state index contributed by atoms with van der Waals surface area (Å²) in [7, 11) is 3.07. The van der Waals surface area contributed by atoms with E-state index < -0.39 is 6.09 Å². The Labute approximate surface area is 181 Å². The molecule has 1 unspecified atom stereocenters. The predicted octanol–water partition coefficient (Wildman–Crippen LogP) is 4.64. The van der Waals surface area contributed by atoms with Crippen LogP contribution < -0.4 is 20.5 Å². The number of amides is 1. The van der Waals surface area contributed by atoms with E-state index in [4.69, 9.17) is 31.5 Å². The zero-order chi connectivity index (χ0) is 22.3. The van der Waals surface area contributed by atoms with Gasteiger partial charge in [0.25, 0.3) is 0 Å². The Morgan fingerprint density at radius 3 is 2.60 bits per heavy atom. The number of hydrogen-bond acceptors (Lipinski definition) is 7. The lowest BCUT2D eigenvalue weighted by Crippen LogP contribution is -2.21. The molecule has 162 valence electrons. The van der Waals surface area contributed by atoms with Gasteiger partial charge in [0, 0.05) is 24.6 Å². The molecule has 0 aliphatic rings. The maximum atomic E-state index is 11.1. The van der Waals surface area contributed by atoms with Crippen molar-refractivity contribution < 1.29 is 19.0 Å². The van der Waals surface area contributed by atoms with Crippen molar-refractivity contribution in [3.05, 3.63) is 40.8 Å². The fraction of sp³-hybridized carbons (Fsp3) is 0.381. The third-order valence-corrected chi connectivity index (χ3v) is 4.48. The van der Waals surface area contributed by atoms with E-state index in [0.29, 0.717) is 28.1 Å². The second-order valence-electron chi connectivity index (χ2n) is 6.94. The molecule has 9 heteroatoms. The Bertz CT molecular complexity index is 918. The number of halogens is 1. The van der Waals surface area contributed by atoms with Gasteiger partial charge < -0.3 is 25.3 Å². The number of nitrogens with zero attached hydrogens (tertiary/aromatic N) is 2. The Morgan fingerprint density at radius 2 is 2.00 bits per heavy atom. The highest BCUT2D eigenvalue weighted by molar-refractivity contribution is 6.32. The third-order valence-electron chi connectivity index (χ3n) is 4.18. The van der Waals surface area contributed by atoms with Crippen LogP contribution in [0, 0.1) is 5.92 Å². The first kappa shape index (κ1) is 23.3. The molecule has 1 atom stereocenters. The van der Waals surface area contributed by atoms with Crippen molar-refractivity contribution in [3.8, 4) is 17.2 Å². The van der Waals surface area contributed by atoms with Crippen molar-refractivity contribution in [3.63, 3.8) is 0 Å². The minimum atomic E-state index is -0.475. The van der Waals surface area contributed by atoms with Crippen LogP contribution in [0.15, 0.2) is 24.4 Å². The van der Waals surface area contributed by atoms with Crippen LogP contribution in [0.3, 0.4) is 0 Å². The summed E-state index contributed by atoms with van der Waals surface area (Å²) in [5, 5.41) is 2.83. The number of anilines is 1. The molecule has 0 saturated heterocycles. The Morgan fingerprint density at radius 1 is 1.27 bits per heavy atom. The number of nitrogens with one attached hydrogen (secondary N) is 1. The molecule has 0 bridgehead atoms. The number of rotatable bonds is 8. The number of alkyl carbamates (subject to hydrolysis) is 1. The summed E-state index contributed by atoms with van der Waals surface area (Å²) < 4.78 is 16.2. The number of aromatic nitrogens is 2. The monoisotopic (exact) mass is 434 g/mol. The quantitative estimate of drug-likeness (QED) is 0.622. The Balaban J connectivity index is 2.15. The van der Waals surface area contributed by atoms with Crippen molar-refractivity contribution in [2.75, 3.05) is 26.5 Å². The lowest BCUT2D eigenvalue weighted by molar-refractivity contribution is 0.139. The highest BCUT2D eigenvalue weighted by atomic mass is 35.5. The molecule has 30 heavy (non-hydrogen) atoms. The van der Waals surface area contributed by atoms with Crippen LogP contribution in [0.2, 0.25) is 5.02 Å². The van der Waals surface area contributed by atoms with Gasteiger partial charge in [0.05, 0.1) is 24.9 Å². The molecule has 2 rings (SSSR count). The molecule has 0 radical (unpaired) electrons. The Hall–Kier alpha value is -3.00. The van der Waals surface area contributed by atoms with E-state index in [-0.39, 0.29) is 24.3 Å². The molecule has 1 aromatic carbocycles. The van der Waals surface area contributed by atoms with Gasteiger partial charge in [-0.1, -0.05) is 38.4 Å². The lowest BCUT2D eigenvalue weighted by atomic mass is 10.0. The number of benzene rings is 1. The van der Waals surface area contributed by atoms with Crippen LogP contribution in [0.25, 0.3) is 6.08 Å². The summed E-state index contributed by atoms with van der Waals surface area (Å²) in [5.41, 5.74) is 6.99. The van der Waals surface area contributed by atoms with Crippen LogP contribution >= 0.6 is 11.6 Å². The Kier molecular flexibility index (Phi) is 8.29. The second-order valence-corrected chi connectivity index (χ2v) is 7.35. The smallest absolute Gasteiger partial charge is 0.406 e. The second kappa shape index (κ2) is 10.7. The average Bonchev–Trinajstić information content (AvgIpc) is 2.72. The van der Waals surface area contributed by atoms with Gasteiger partial charge >= 0.3 is 6.09 Å². The topological polar surface area (TPSA) is 109 Å². The SMILES string of the molecule is CNC(=O)OCC(C)/C=C/c1ncc(Oc2cc(Cl)c(OC)cc2C(C)C)c(N)n1. The number of nitrogen functional groups attached to an aromatic ring is 1. The maximum Gasteiger partial charge on any atom is 0.406 e. The van der Waals surface area contributed by atoms with Gasteiger partial charge in [-0.2, -0.15) is 0 Å². The predicted molar refractivity (Wildman–Crippen MR) is 117 cm³/mol. The van der Waals surface area contributed by atoms with Crippen LogP contribution in [-0.2, 0) is 4.74 Å². The first-order chi connectivity index (χ1) is 14.2. The summed E-state index contributed by atoms with van der Waals surface area (Å²) in [4.78, 5) is 19.6. The zero-order valence-electron chi connectivity index (χ0n) is 17.7. The van der Waals surface area contributed by atoms with E-state index in [2.05, 4.69) is 15.3 Å². The average molecular weight is 435 g/mol. The molecule has 0 aliphatic heterocycles. The molecule has 1 amide bonds. The van der Waals surface area contributed by atoms with E-state index in [0.717, 1.165) is 5.56 Å². The summed E-state index contributed by atoms with van der Waals surface area (Å²) in [6, 6.07) is 3.54. The van der Waals surface area contributed by atoms with E-state index in [1.54, 1.807) is 19.3 Å². The number of hydrogen-bond donors (Lipinski definition) is 2. The molecule has 2 aromatic rings. The van der Waals surface area contributed by atoms with Crippen LogP contribution in [0.4, 0.5) is 10.6 Å². The molecule has 1 heterocycles. The van der Waals surface area contributed by atoms with E-state index in [1.807, 2.05) is 32.9 Å². The van der Waals surface area contributed by atoms with Crippen molar-refractivity contribution in [2.24, 2.45) is 5.92 Å². The minimum absolute atomic E-state index is 0.0157. The van der Waals surface area contributed by atoms with E-state index >= 15 is 0 Å². The van der Waals surface area contributed by atoms with E-state index in [9.17, 15) is 4.79 Å². The van der Waals surface area contributed by atoms with Gasteiger partial charge in [0.2, 0.25) is 0 Å². The highest BCUT2D eigenvalue weighted by Gasteiger charge is 2.16. The summed E-state index contributed by atoms with van der Waals surface area (Å²) in [6.45, 7) is 6.22. The van der Waals surface area contributed by atoms with Crippen LogP contribution in [0.5, 0.6) is 17.2 Å². The summed E-state index contributed by atoms with van der Waals surface area (Å²) >= 11 is 6.25. The number of methoxy groups -OCH3 is 1. The van der Waals surface area contributed by atoms with Crippen LogP contribution in [0.1, 0.15) is 38.1 Å². The lowest BCUT2D eigenvalue weighted by Gasteiger charge is -2.16. The number of ether oxygens (including phenoxy) is 3. The van der Waals surface area contributed by atoms with Crippen molar-refractivity contribution in [1.82, 2.24) is 15.3 Å². The van der Waals surface area contributed by atoms with Crippen LogP contribution in [-0.4, -0.2) is 36.8 Å². The van der Waals surface area contributed by atoms with Gasteiger partial charge in [-0.15, -0.1) is 0 Å². The first-order valence-electron chi connectivity index (χ1n) is 9.45. The zero-order valence-corrected chi connectivity index (χ0v) is 18.5. The molecular weight excluding hydrogens is 408 g/mol. The van der Waals surface area contributed by atoms with Gasteiger partial charge in [-0.3, -0.25) is 0 Å². The van der Waals surface area contributed by atoms with Gasteiger partial charge in [0.1, 0.15) is 11.5 Å². The van der Waals surface area contributed by atoms with Gasteiger partial charge in [0.15, 0.2) is 17.4 Å². The fourth-order valence-electron chi connectivity index (χ4n) is 2.51. The summed E-state index contributed by atoms with van der Waals surface area (Å²) in [6.07, 6.45) is 4.58. The standard InChI is InChI=1S/C21H27ClN4O4/c1-12(2)14-8-17(28-5)15(22)9-16(14)30-18-10-25-19(26-20(18)23)7-6-13(3)11-29-21(27)24-4/h6-10,12-13H,11H2,1-5H3,(H,24,27)(H2,23,25,26)/b7-6+. The number of carbonyl (C=O) groups is 1. The minimum Gasteiger partial charge on any atom is -0.495 e. The highest BCUT2D eigenvalue weighted by Crippen LogP contribution is 2.39. The van der Waals surface area contributed by atoms with Crippen molar-refractivity contribution >= 4 is 29.6 Å². The normalized spacial score (nSPS) is 12.1. The number of nitrogens with two attached hydrogens (primary N) is 1. The fourth-order valence-corrected chi connectivity index (χ4v) is 2.74. The van der Waals surface area contributed by atoms with Gasteiger partial charge in [-0.25, -0.2) is 14.8 Å². The summed E-state index contributed by atoms with van der Waals surface area (Å²) in [5.74, 6) is 2.24. The van der Waals surface area contributed by atoms with Crippen molar-refractivity contribution in [2.45, 2.75) is 26.7 Å². The number of carbonyl (C=O) groups excluding carboxylic acids is 1. The third kappa shape index (κ3) is 6.25.